The van der Waals surface area contributed by atoms with Gasteiger partial charge in [0.15, 0.2) is 0 Å². The molecular formula is C20H27N3O2. The molecule has 3 heterocycles. The maximum atomic E-state index is 13.6. The van der Waals surface area contributed by atoms with Gasteiger partial charge in [0.25, 0.3) is 5.91 Å². The van der Waals surface area contributed by atoms with Crippen LogP contribution in [0, 0.1) is 0 Å². The molecular weight excluding hydrogens is 314 g/mol. The van der Waals surface area contributed by atoms with Crippen molar-refractivity contribution in [2.24, 2.45) is 0 Å². The van der Waals surface area contributed by atoms with Crippen molar-refractivity contribution in [3.63, 3.8) is 0 Å². The van der Waals surface area contributed by atoms with Crippen molar-refractivity contribution >= 4 is 11.8 Å². The Bertz CT molecular complexity index is 648. The van der Waals surface area contributed by atoms with Gasteiger partial charge >= 0.3 is 0 Å². The molecule has 3 aliphatic heterocycles. The quantitative estimate of drug-likeness (QED) is 0.896. The van der Waals surface area contributed by atoms with E-state index in [1.165, 1.54) is 0 Å². The number of fused-ring (bicyclic) bond motifs is 2. The summed E-state index contributed by atoms with van der Waals surface area (Å²) in [5.41, 5.74) is -0.0399. The first kappa shape index (κ1) is 16.6. The number of amides is 2. The van der Waals surface area contributed by atoms with E-state index in [1.807, 2.05) is 42.2 Å². The maximum Gasteiger partial charge on any atom is 0.254 e. The zero-order chi connectivity index (χ0) is 17.4. The highest BCUT2D eigenvalue weighted by Crippen LogP contribution is 2.37. The number of nitrogens with one attached hydrogen (secondary N) is 1. The highest BCUT2D eigenvalue weighted by atomic mass is 16.2. The molecule has 1 N–H and O–H groups in total. The summed E-state index contributed by atoms with van der Waals surface area (Å²) in [6, 6.07) is 9.96. The first-order chi connectivity index (χ1) is 12.1. The van der Waals surface area contributed by atoms with E-state index >= 15 is 0 Å². The molecule has 5 heteroatoms. The first-order valence-corrected chi connectivity index (χ1v) is 9.52. The predicted octanol–water partition coefficient (Wildman–Crippen LogP) is 2.03. The van der Waals surface area contributed by atoms with Gasteiger partial charge in [-0.15, -0.1) is 0 Å². The molecule has 3 atom stereocenters. The van der Waals surface area contributed by atoms with Crippen molar-refractivity contribution in [2.45, 2.75) is 56.7 Å². The number of hydrogen-bond acceptors (Lipinski definition) is 3. The molecule has 0 aliphatic carbocycles. The van der Waals surface area contributed by atoms with Gasteiger partial charge in [-0.2, -0.15) is 0 Å². The molecule has 3 fully saturated rings. The molecule has 3 unspecified atom stereocenters. The summed E-state index contributed by atoms with van der Waals surface area (Å²) in [6.07, 6.45) is 4.84. The van der Waals surface area contributed by atoms with E-state index in [2.05, 4.69) is 10.2 Å². The Morgan fingerprint density at radius 2 is 1.88 bits per heavy atom. The Kier molecular flexibility index (Phi) is 4.28. The lowest BCUT2D eigenvalue weighted by Gasteiger charge is -2.40. The van der Waals surface area contributed by atoms with Gasteiger partial charge in [0, 0.05) is 30.7 Å². The summed E-state index contributed by atoms with van der Waals surface area (Å²) < 4.78 is 0. The van der Waals surface area contributed by atoms with Crippen molar-refractivity contribution in [1.29, 1.82) is 0 Å². The zero-order valence-corrected chi connectivity index (χ0v) is 14.9. The Labute approximate surface area is 149 Å². The fraction of sp³-hybridized carbons (Fsp3) is 0.600. The van der Waals surface area contributed by atoms with Crippen LogP contribution in [0.15, 0.2) is 30.3 Å². The van der Waals surface area contributed by atoms with Gasteiger partial charge in [0.1, 0.15) is 5.54 Å². The average Bonchev–Trinajstić information content (AvgIpc) is 3.14. The van der Waals surface area contributed by atoms with Gasteiger partial charge in [0.2, 0.25) is 5.91 Å². The van der Waals surface area contributed by atoms with Crippen LogP contribution < -0.4 is 5.32 Å². The van der Waals surface area contributed by atoms with Crippen LogP contribution in [0.3, 0.4) is 0 Å². The van der Waals surface area contributed by atoms with E-state index in [-0.39, 0.29) is 17.9 Å². The van der Waals surface area contributed by atoms with Gasteiger partial charge < -0.3 is 15.1 Å². The van der Waals surface area contributed by atoms with E-state index in [4.69, 9.17) is 0 Å². The third kappa shape index (κ3) is 2.74. The normalized spacial score (nSPS) is 31.9. The topological polar surface area (TPSA) is 52.7 Å². The Balaban J connectivity index is 1.61. The van der Waals surface area contributed by atoms with Crippen LogP contribution in [0.5, 0.6) is 0 Å². The predicted molar refractivity (Wildman–Crippen MR) is 96.3 cm³/mol. The average molecular weight is 341 g/mol. The standard InChI is InChI=1S/C20H27N3O2/c1-20(19(25)23-16-8-9-17(23)14-21-12-10-16)11-5-13-22(20)18(24)15-6-3-2-4-7-15/h2-4,6-7,16-17,21H,5,8-14H2,1H3. The highest BCUT2D eigenvalue weighted by molar-refractivity contribution is 5.99. The summed E-state index contributed by atoms with van der Waals surface area (Å²) in [6.45, 7) is 4.50. The number of carbonyl (C=O) groups is 2. The molecule has 5 nitrogen and oxygen atoms in total. The molecule has 2 amide bonds. The molecule has 0 radical (unpaired) electrons. The van der Waals surface area contributed by atoms with Crippen LogP contribution in [0.2, 0.25) is 0 Å². The van der Waals surface area contributed by atoms with Crippen LogP contribution in [0.25, 0.3) is 0 Å². The summed E-state index contributed by atoms with van der Waals surface area (Å²) in [4.78, 5) is 30.6. The fourth-order valence-corrected chi connectivity index (χ4v) is 4.84. The van der Waals surface area contributed by atoms with E-state index in [0.29, 0.717) is 18.2 Å². The minimum atomic E-state index is -0.710. The number of nitrogens with zero attached hydrogens (tertiary/aromatic N) is 2. The minimum absolute atomic E-state index is 0.0192. The zero-order valence-electron chi connectivity index (χ0n) is 14.9. The third-order valence-corrected chi connectivity index (χ3v) is 6.26. The van der Waals surface area contributed by atoms with Crippen molar-refractivity contribution in [3.05, 3.63) is 35.9 Å². The monoisotopic (exact) mass is 341 g/mol. The molecule has 2 bridgehead atoms. The van der Waals surface area contributed by atoms with Crippen molar-refractivity contribution in [2.75, 3.05) is 19.6 Å². The first-order valence-electron chi connectivity index (χ1n) is 9.52. The van der Waals surface area contributed by atoms with Crippen molar-refractivity contribution < 1.29 is 9.59 Å². The van der Waals surface area contributed by atoms with Crippen LogP contribution in [0.1, 0.15) is 49.4 Å². The number of carbonyl (C=O) groups excluding carboxylic acids is 2. The number of likely N-dealkylation sites (tertiary alicyclic amines) is 1. The molecule has 3 saturated heterocycles. The van der Waals surface area contributed by atoms with Gasteiger partial charge in [-0.25, -0.2) is 0 Å². The van der Waals surface area contributed by atoms with Crippen LogP contribution in [0.4, 0.5) is 0 Å². The van der Waals surface area contributed by atoms with Gasteiger partial charge in [-0.3, -0.25) is 9.59 Å². The van der Waals surface area contributed by atoms with Gasteiger partial charge in [0.05, 0.1) is 0 Å². The molecule has 134 valence electrons. The number of hydrogen-bond donors (Lipinski definition) is 1. The smallest absolute Gasteiger partial charge is 0.254 e. The van der Waals surface area contributed by atoms with Gasteiger partial charge in [-0.1, -0.05) is 18.2 Å². The number of benzene rings is 1. The van der Waals surface area contributed by atoms with E-state index < -0.39 is 5.54 Å². The lowest BCUT2D eigenvalue weighted by Crippen LogP contribution is -2.59. The second kappa shape index (κ2) is 6.45. The van der Waals surface area contributed by atoms with Crippen molar-refractivity contribution in [3.8, 4) is 0 Å². The summed E-state index contributed by atoms with van der Waals surface area (Å²) >= 11 is 0. The van der Waals surface area contributed by atoms with Crippen molar-refractivity contribution in [1.82, 2.24) is 15.1 Å². The fourth-order valence-electron chi connectivity index (χ4n) is 4.84. The maximum absolute atomic E-state index is 13.6. The Morgan fingerprint density at radius 1 is 1.12 bits per heavy atom. The van der Waals surface area contributed by atoms with E-state index in [0.717, 1.165) is 45.2 Å². The minimum Gasteiger partial charge on any atom is -0.333 e. The Morgan fingerprint density at radius 3 is 2.68 bits per heavy atom. The largest absolute Gasteiger partial charge is 0.333 e. The number of rotatable bonds is 2. The summed E-state index contributed by atoms with van der Waals surface area (Å²) in [5, 5.41) is 3.45. The lowest BCUT2D eigenvalue weighted by atomic mass is 9.94. The summed E-state index contributed by atoms with van der Waals surface area (Å²) in [5.74, 6) is 0.139. The van der Waals surface area contributed by atoms with Crippen LogP contribution in [-0.2, 0) is 4.79 Å². The highest BCUT2D eigenvalue weighted by Gasteiger charge is 2.51. The molecule has 0 saturated carbocycles. The molecule has 25 heavy (non-hydrogen) atoms. The van der Waals surface area contributed by atoms with Crippen LogP contribution in [-0.4, -0.2) is 58.9 Å². The molecule has 0 spiro atoms. The lowest BCUT2D eigenvalue weighted by molar-refractivity contribution is -0.143. The Hall–Kier alpha value is -1.88. The van der Waals surface area contributed by atoms with Crippen LogP contribution >= 0.6 is 0 Å². The van der Waals surface area contributed by atoms with E-state index in [9.17, 15) is 9.59 Å². The van der Waals surface area contributed by atoms with Gasteiger partial charge in [-0.05, 0) is 57.7 Å². The third-order valence-electron chi connectivity index (χ3n) is 6.26. The molecule has 0 aromatic heterocycles. The SMILES string of the molecule is CC1(C(=O)N2C3CCNCC2CC3)CCCN1C(=O)c1ccccc1. The molecule has 3 aliphatic rings. The summed E-state index contributed by atoms with van der Waals surface area (Å²) in [7, 11) is 0. The molecule has 4 rings (SSSR count). The molecule has 1 aromatic rings. The van der Waals surface area contributed by atoms with E-state index in [1.54, 1.807) is 0 Å². The second-order valence-corrected chi connectivity index (χ2v) is 7.79. The second-order valence-electron chi connectivity index (χ2n) is 7.79. The molecule has 1 aromatic carbocycles.